The first kappa shape index (κ1) is 13.8. The van der Waals surface area contributed by atoms with Gasteiger partial charge in [-0.15, -0.1) is 0 Å². The van der Waals surface area contributed by atoms with Crippen LogP contribution in [0, 0.1) is 12.7 Å². The standard InChI is InChI=1S/C15H15ClFNO/c1-10-5-6-12(16)14(9-10)19-15-11(7-8-18)3-2-4-13(15)17/h2-6,9H,7-8,18H2,1H3. The van der Waals surface area contributed by atoms with Crippen LogP contribution in [0.5, 0.6) is 11.5 Å². The van der Waals surface area contributed by atoms with Crippen molar-refractivity contribution < 1.29 is 9.13 Å². The van der Waals surface area contributed by atoms with Gasteiger partial charge >= 0.3 is 0 Å². The van der Waals surface area contributed by atoms with E-state index in [2.05, 4.69) is 0 Å². The van der Waals surface area contributed by atoms with Crippen LogP contribution in [0.3, 0.4) is 0 Å². The molecule has 0 atom stereocenters. The Morgan fingerprint density at radius 3 is 2.79 bits per heavy atom. The lowest BCUT2D eigenvalue weighted by Crippen LogP contribution is -2.05. The van der Waals surface area contributed by atoms with Crippen LogP contribution < -0.4 is 10.5 Å². The molecule has 0 spiro atoms. The second-order valence-electron chi connectivity index (χ2n) is 4.30. The fourth-order valence-electron chi connectivity index (χ4n) is 1.82. The van der Waals surface area contributed by atoms with Crippen LogP contribution in [0.1, 0.15) is 11.1 Å². The third-order valence-electron chi connectivity index (χ3n) is 2.76. The smallest absolute Gasteiger partial charge is 0.166 e. The van der Waals surface area contributed by atoms with Crippen LogP contribution in [0.15, 0.2) is 36.4 Å². The van der Waals surface area contributed by atoms with Crippen molar-refractivity contribution in [3.63, 3.8) is 0 Å². The quantitative estimate of drug-likeness (QED) is 0.915. The third-order valence-corrected chi connectivity index (χ3v) is 3.07. The number of benzene rings is 2. The first-order valence-electron chi connectivity index (χ1n) is 6.03. The Morgan fingerprint density at radius 1 is 1.26 bits per heavy atom. The van der Waals surface area contributed by atoms with Gasteiger partial charge in [0.25, 0.3) is 0 Å². The lowest BCUT2D eigenvalue weighted by atomic mass is 10.1. The summed E-state index contributed by atoms with van der Waals surface area (Å²) in [4.78, 5) is 0. The predicted octanol–water partition coefficient (Wildman–Crippen LogP) is 4.08. The number of nitrogens with two attached hydrogens (primary N) is 1. The summed E-state index contributed by atoms with van der Waals surface area (Å²) in [5.74, 6) is 0.231. The molecule has 2 aromatic carbocycles. The van der Waals surface area contributed by atoms with Crippen molar-refractivity contribution in [1.29, 1.82) is 0 Å². The summed E-state index contributed by atoms with van der Waals surface area (Å²) < 4.78 is 19.5. The van der Waals surface area contributed by atoms with E-state index in [1.165, 1.54) is 6.07 Å². The molecule has 0 radical (unpaired) electrons. The van der Waals surface area contributed by atoms with Crippen LogP contribution in [-0.4, -0.2) is 6.54 Å². The Kier molecular flexibility index (Phi) is 4.40. The minimum absolute atomic E-state index is 0.195. The molecule has 0 fully saturated rings. The van der Waals surface area contributed by atoms with Gasteiger partial charge in [0, 0.05) is 0 Å². The predicted molar refractivity (Wildman–Crippen MR) is 75.4 cm³/mol. The van der Waals surface area contributed by atoms with Crippen molar-refractivity contribution in [1.82, 2.24) is 0 Å². The zero-order valence-electron chi connectivity index (χ0n) is 10.6. The van der Waals surface area contributed by atoms with Gasteiger partial charge in [-0.2, -0.15) is 0 Å². The van der Waals surface area contributed by atoms with Crippen molar-refractivity contribution in [3.05, 3.63) is 58.4 Å². The maximum atomic E-state index is 13.9. The highest BCUT2D eigenvalue weighted by Crippen LogP contribution is 2.33. The average molecular weight is 280 g/mol. The molecule has 0 aliphatic rings. The van der Waals surface area contributed by atoms with Gasteiger partial charge in [-0.3, -0.25) is 0 Å². The summed E-state index contributed by atoms with van der Waals surface area (Å²) >= 11 is 6.06. The normalized spacial score (nSPS) is 10.5. The van der Waals surface area contributed by atoms with Crippen molar-refractivity contribution in [2.24, 2.45) is 5.73 Å². The van der Waals surface area contributed by atoms with Crippen LogP contribution in [0.4, 0.5) is 4.39 Å². The summed E-state index contributed by atoms with van der Waals surface area (Å²) in [6.45, 7) is 2.35. The molecule has 2 aromatic rings. The number of ether oxygens (including phenoxy) is 1. The maximum Gasteiger partial charge on any atom is 0.166 e. The fourth-order valence-corrected chi connectivity index (χ4v) is 1.98. The Labute approximate surface area is 117 Å². The van der Waals surface area contributed by atoms with Crippen molar-refractivity contribution >= 4 is 11.6 Å². The third kappa shape index (κ3) is 3.25. The van der Waals surface area contributed by atoms with Gasteiger partial charge < -0.3 is 10.5 Å². The van der Waals surface area contributed by atoms with E-state index in [1.54, 1.807) is 24.3 Å². The summed E-state index contributed by atoms with van der Waals surface area (Å²) in [5, 5.41) is 0.451. The Balaban J connectivity index is 2.39. The van der Waals surface area contributed by atoms with Gasteiger partial charge in [0.1, 0.15) is 5.75 Å². The van der Waals surface area contributed by atoms with E-state index in [0.717, 1.165) is 11.1 Å². The lowest BCUT2D eigenvalue weighted by molar-refractivity contribution is 0.436. The number of rotatable bonds is 4. The highest BCUT2D eigenvalue weighted by molar-refractivity contribution is 6.32. The first-order valence-corrected chi connectivity index (χ1v) is 6.41. The zero-order chi connectivity index (χ0) is 13.8. The molecule has 0 amide bonds. The van der Waals surface area contributed by atoms with E-state index in [4.69, 9.17) is 22.1 Å². The molecule has 100 valence electrons. The molecular formula is C15H15ClFNO. The van der Waals surface area contributed by atoms with Crippen LogP contribution >= 0.6 is 11.6 Å². The molecule has 4 heteroatoms. The summed E-state index contributed by atoms with van der Waals surface area (Å²) in [5.41, 5.74) is 7.26. The van der Waals surface area contributed by atoms with E-state index in [-0.39, 0.29) is 5.75 Å². The highest BCUT2D eigenvalue weighted by atomic mass is 35.5. The molecule has 0 saturated heterocycles. The van der Waals surface area contributed by atoms with E-state index < -0.39 is 5.82 Å². The summed E-state index contributed by atoms with van der Waals surface area (Å²) in [6, 6.07) is 10.2. The molecule has 0 aliphatic carbocycles. The van der Waals surface area contributed by atoms with Gasteiger partial charge in [0.15, 0.2) is 11.6 Å². The molecule has 2 N–H and O–H groups in total. The SMILES string of the molecule is Cc1ccc(Cl)c(Oc2c(F)cccc2CCN)c1. The van der Waals surface area contributed by atoms with Gasteiger partial charge in [0.05, 0.1) is 5.02 Å². The summed E-state index contributed by atoms with van der Waals surface area (Å²) in [6.07, 6.45) is 0.552. The van der Waals surface area contributed by atoms with Crippen molar-refractivity contribution in [3.8, 4) is 11.5 Å². The molecule has 0 heterocycles. The molecule has 2 nitrogen and oxygen atoms in total. The van der Waals surface area contributed by atoms with Gasteiger partial charge in [-0.05, 0) is 49.2 Å². The number of para-hydroxylation sites is 1. The van der Waals surface area contributed by atoms with Gasteiger partial charge in [-0.25, -0.2) is 4.39 Å². The zero-order valence-corrected chi connectivity index (χ0v) is 11.4. The first-order chi connectivity index (χ1) is 9.11. The number of hydrogen-bond acceptors (Lipinski definition) is 2. The monoisotopic (exact) mass is 279 g/mol. The van der Waals surface area contributed by atoms with Gasteiger partial charge in [-0.1, -0.05) is 29.8 Å². The average Bonchev–Trinajstić information content (AvgIpc) is 2.38. The van der Waals surface area contributed by atoms with Gasteiger partial charge in [0.2, 0.25) is 0 Å². The topological polar surface area (TPSA) is 35.2 Å². The molecule has 19 heavy (non-hydrogen) atoms. The Bertz CT molecular complexity index is 586. The molecule has 2 rings (SSSR count). The largest absolute Gasteiger partial charge is 0.452 e. The molecule has 0 unspecified atom stereocenters. The lowest BCUT2D eigenvalue weighted by Gasteiger charge is -2.13. The van der Waals surface area contributed by atoms with Crippen molar-refractivity contribution in [2.75, 3.05) is 6.54 Å². The molecular weight excluding hydrogens is 265 g/mol. The minimum Gasteiger partial charge on any atom is -0.452 e. The Hall–Kier alpha value is -1.58. The van der Waals surface area contributed by atoms with Crippen LogP contribution in [-0.2, 0) is 6.42 Å². The number of aryl methyl sites for hydroxylation is 1. The fraction of sp³-hybridized carbons (Fsp3) is 0.200. The number of halogens is 2. The van der Waals surface area contributed by atoms with Crippen LogP contribution in [0.25, 0.3) is 0 Å². The number of hydrogen-bond donors (Lipinski definition) is 1. The van der Waals surface area contributed by atoms with E-state index in [1.807, 2.05) is 13.0 Å². The second-order valence-corrected chi connectivity index (χ2v) is 4.71. The molecule has 0 saturated carbocycles. The second kappa shape index (κ2) is 6.04. The van der Waals surface area contributed by atoms with E-state index >= 15 is 0 Å². The maximum absolute atomic E-state index is 13.9. The molecule has 0 aliphatic heterocycles. The van der Waals surface area contributed by atoms with Crippen LogP contribution in [0.2, 0.25) is 5.02 Å². The van der Waals surface area contributed by atoms with Crippen molar-refractivity contribution in [2.45, 2.75) is 13.3 Å². The Morgan fingerprint density at radius 2 is 2.05 bits per heavy atom. The van der Waals surface area contributed by atoms with E-state index in [9.17, 15) is 4.39 Å². The van der Waals surface area contributed by atoms with E-state index in [0.29, 0.717) is 23.7 Å². The summed E-state index contributed by atoms with van der Waals surface area (Å²) in [7, 11) is 0. The molecule has 0 bridgehead atoms. The molecule has 0 aromatic heterocycles. The minimum atomic E-state index is -0.413. The highest BCUT2D eigenvalue weighted by Gasteiger charge is 2.12.